The van der Waals surface area contributed by atoms with Gasteiger partial charge in [-0.1, -0.05) is 0 Å². The second-order valence-electron chi connectivity index (χ2n) is 2.34. The molecule has 0 aliphatic rings. The first-order chi connectivity index (χ1) is 4.70. The van der Waals surface area contributed by atoms with Crippen molar-refractivity contribution in [3.8, 4) is 0 Å². The van der Waals surface area contributed by atoms with E-state index >= 15 is 0 Å². The van der Waals surface area contributed by atoms with E-state index in [4.69, 9.17) is 5.73 Å². The average molecular weight is 137 g/mol. The topological polar surface area (TPSA) is 42.1 Å². The molecule has 1 rings (SSSR count). The van der Waals surface area contributed by atoms with Gasteiger partial charge in [-0.05, 0) is 6.07 Å². The molecule has 0 unspecified atom stereocenters. The molecule has 54 valence electrons. The molecule has 0 atom stereocenters. The fourth-order valence-corrected chi connectivity index (χ4v) is 0.679. The highest BCUT2D eigenvalue weighted by atomic mass is 15.1. The van der Waals surface area contributed by atoms with Crippen molar-refractivity contribution in [1.29, 1.82) is 0 Å². The number of anilines is 2. The van der Waals surface area contributed by atoms with Crippen molar-refractivity contribution in [2.24, 2.45) is 0 Å². The maximum Gasteiger partial charge on any atom is 0.130 e. The summed E-state index contributed by atoms with van der Waals surface area (Å²) in [7, 11) is 3.86. The SMILES string of the molecule is CN(C)c1cc(N)ccn1. The van der Waals surface area contributed by atoms with E-state index in [1.54, 1.807) is 12.3 Å². The fourth-order valence-electron chi connectivity index (χ4n) is 0.679. The molecule has 0 aromatic carbocycles. The molecule has 0 aliphatic heterocycles. The zero-order valence-electron chi connectivity index (χ0n) is 6.20. The highest BCUT2D eigenvalue weighted by Crippen LogP contribution is 2.09. The quantitative estimate of drug-likeness (QED) is 0.620. The monoisotopic (exact) mass is 137 g/mol. The minimum absolute atomic E-state index is 0.749. The van der Waals surface area contributed by atoms with Gasteiger partial charge in [0.15, 0.2) is 0 Å². The van der Waals surface area contributed by atoms with Crippen LogP contribution in [-0.4, -0.2) is 19.1 Å². The molecule has 2 N–H and O–H groups in total. The minimum atomic E-state index is 0.749. The molecule has 0 saturated carbocycles. The Labute approximate surface area is 60.5 Å². The summed E-state index contributed by atoms with van der Waals surface area (Å²) in [5.41, 5.74) is 6.28. The van der Waals surface area contributed by atoms with Crippen LogP contribution in [0.3, 0.4) is 0 Å². The van der Waals surface area contributed by atoms with E-state index in [2.05, 4.69) is 4.98 Å². The molecule has 1 heterocycles. The first-order valence-corrected chi connectivity index (χ1v) is 3.09. The Morgan fingerprint density at radius 3 is 2.60 bits per heavy atom. The summed E-state index contributed by atoms with van der Waals surface area (Å²) in [5, 5.41) is 0. The van der Waals surface area contributed by atoms with Gasteiger partial charge < -0.3 is 10.6 Å². The third-order valence-electron chi connectivity index (χ3n) is 1.23. The van der Waals surface area contributed by atoms with E-state index in [1.165, 1.54) is 0 Å². The highest BCUT2D eigenvalue weighted by Gasteiger charge is 1.94. The normalized spacial score (nSPS) is 9.40. The van der Waals surface area contributed by atoms with E-state index < -0.39 is 0 Å². The predicted molar refractivity (Wildman–Crippen MR) is 43.0 cm³/mol. The molecule has 1 aromatic rings. The van der Waals surface area contributed by atoms with E-state index in [-0.39, 0.29) is 0 Å². The van der Waals surface area contributed by atoms with Crippen LogP contribution in [0.1, 0.15) is 0 Å². The van der Waals surface area contributed by atoms with Gasteiger partial charge in [0.2, 0.25) is 0 Å². The largest absolute Gasteiger partial charge is 0.399 e. The lowest BCUT2D eigenvalue weighted by Gasteiger charge is -2.10. The zero-order chi connectivity index (χ0) is 7.56. The van der Waals surface area contributed by atoms with Gasteiger partial charge in [-0.15, -0.1) is 0 Å². The fraction of sp³-hybridized carbons (Fsp3) is 0.286. The molecule has 0 bridgehead atoms. The summed E-state index contributed by atoms with van der Waals surface area (Å²) in [6, 6.07) is 3.60. The molecule has 0 amide bonds. The van der Waals surface area contributed by atoms with Crippen molar-refractivity contribution >= 4 is 11.5 Å². The summed E-state index contributed by atoms with van der Waals surface area (Å²) in [5.74, 6) is 0.889. The van der Waals surface area contributed by atoms with E-state index in [1.807, 2.05) is 25.1 Å². The van der Waals surface area contributed by atoms with E-state index in [0.717, 1.165) is 11.5 Å². The van der Waals surface area contributed by atoms with Crippen LogP contribution in [0.2, 0.25) is 0 Å². The number of hydrogen-bond donors (Lipinski definition) is 1. The smallest absolute Gasteiger partial charge is 0.130 e. The zero-order valence-corrected chi connectivity index (χ0v) is 6.20. The van der Waals surface area contributed by atoms with Crippen molar-refractivity contribution in [2.45, 2.75) is 0 Å². The predicted octanol–water partition coefficient (Wildman–Crippen LogP) is 0.730. The van der Waals surface area contributed by atoms with Gasteiger partial charge in [0.05, 0.1) is 0 Å². The molecule has 1 aromatic heterocycles. The maximum absolute atomic E-state index is 5.53. The van der Waals surface area contributed by atoms with Crippen LogP contribution in [0.25, 0.3) is 0 Å². The van der Waals surface area contributed by atoms with E-state index in [9.17, 15) is 0 Å². The minimum Gasteiger partial charge on any atom is -0.399 e. The van der Waals surface area contributed by atoms with E-state index in [0.29, 0.717) is 0 Å². The first-order valence-electron chi connectivity index (χ1n) is 3.09. The van der Waals surface area contributed by atoms with Crippen LogP contribution < -0.4 is 10.6 Å². The number of nitrogen functional groups attached to an aromatic ring is 1. The van der Waals surface area contributed by atoms with Gasteiger partial charge in [-0.3, -0.25) is 0 Å². The molecule has 0 saturated heterocycles. The Morgan fingerprint density at radius 1 is 1.50 bits per heavy atom. The van der Waals surface area contributed by atoms with Crippen LogP contribution in [0.15, 0.2) is 18.3 Å². The summed E-state index contributed by atoms with van der Waals surface area (Å²) < 4.78 is 0. The molecule has 3 nitrogen and oxygen atoms in total. The Bertz CT molecular complexity index is 220. The maximum atomic E-state index is 5.53. The second-order valence-corrected chi connectivity index (χ2v) is 2.34. The van der Waals surface area contributed by atoms with Crippen molar-refractivity contribution in [2.75, 3.05) is 24.7 Å². The van der Waals surface area contributed by atoms with Gasteiger partial charge in [0.25, 0.3) is 0 Å². The molecule has 0 aliphatic carbocycles. The van der Waals surface area contributed by atoms with Gasteiger partial charge in [0.1, 0.15) is 5.82 Å². The van der Waals surface area contributed by atoms with Crippen LogP contribution in [-0.2, 0) is 0 Å². The number of nitrogens with zero attached hydrogens (tertiary/aromatic N) is 2. The third kappa shape index (κ3) is 1.37. The van der Waals surface area contributed by atoms with Crippen molar-refractivity contribution in [1.82, 2.24) is 4.98 Å². The average Bonchev–Trinajstić information content (AvgIpc) is 1.88. The number of hydrogen-bond acceptors (Lipinski definition) is 3. The summed E-state index contributed by atoms with van der Waals surface area (Å²) in [6.07, 6.45) is 1.70. The Hall–Kier alpha value is -1.25. The Balaban J connectivity index is 2.96. The Morgan fingerprint density at radius 2 is 2.20 bits per heavy atom. The van der Waals surface area contributed by atoms with Gasteiger partial charge in [-0.2, -0.15) is 0 Å². The number of aromatic nitrogens is 1. The standard InChI is InChI=1S/C7H11N3/c1-10(2)7-5-6(8)3-4-9-7/h3-5H,1-2H3,(H2,8,9). The molecular weight excluding hydrogens is 126 g/mol. The van der Waals surface area contributed by atoms with Gasteiger partial charge in [-0.25, -0.2) is 4.98 Å². The summed E-state index contributed by atoms with van der Waals surface area (Å²) in [6.45, 7) is 0. The second kappa shape index (κ2) is 2.56. The molecule has 3 heteroatoms. The van der Waals surface area contributed by atoms with Crippen molar-refractivity contribution in [3.05, 3.63) is 18.3 Å². The lowest BCUT2D eigenvalue weighted by Crippen LogP contribution is -2.10. The van der Waals surface area contributed by atoms with Crippen LogP contribution in [0.4, 0.5) is 11.5 Å². The molecule has 0 fully saturated rings. The first kappa shape index (κ1) is 6.86. The molecule has 0 radical (unpaired) electrons. The van der Waals surface area contributed by atoms with Crippen LogP contribution in [0, 0.1) is 0 Å². The van der Waals surface area contributed by atoms with Crippen LogP contribution >= 0.6 is 0 Å². The van der Waals surface area contributed by atoms with Gasteiger partial charge >= 0.3 is 0 Å². The number of rotatable bonds is 1. The molecule has 10 heavy (non-hydrogen) atoms. The van der Waals surface area contributed by atoms with Crippen molar-refractivity contribution < 1.29 is 0 Å². The summed E-state index contributed by atoms with van der Waals surface area (Å²) in [4.78, 5) is 6.00. The summed E-state index contributed by atoms with van der Waals surface area (Å²) >= 11 is 0. The molecular formula is C7H11N3. The lowest BCUT2D eigenvalue weighted by atomic mass is 10.4. The highest BCUT2D eigenvalue weighted by molar-refractivity contribution is 5.49. The van der Waals surface area contributed by atoms with Crippen molar-refractivity contribution in [3.63, 3.8) is 0 Å². The lowest BCUT2D eigenvalue weighted by molar-refractivity contribution is 1.07. The number of pyridine rings is 1. The number of nitrogens with two attached hydrogens (primary N) is 1. The molecule has 0 spiro atoms. The van der Waals surface area contributed by atoms with Gasteiger partial charge in [0, 0.05) is 32.0 Å². The Kier molecular flexibility index (Phi) is 1.76. The van der Waals surface area contributed by atoms with Crippen LogP contribution in [0.5, 0.6) is 0 Å². The third-order valence-corrected chi connectivity index (χ3v) is 1.23.